The molecule has 4 bridgehead atoms. The number of nitrogens with zero attached hydrogens (tertiary/aromatic N) is 1. The van der Waals surface area contributed by atoms with Crippen LogP contribution in [-0.2, 0) is 0 Å². The lowest BCUT2D eigenvalue weighted by atomic mass is 9.53. The second-order valence-electron chi connectivity index (χ2n) is 12.8. The first-order valence-electron chi connectivity index (χ1n) is 13.0. The molecule has 2 aromatic carbocycles. The summed E-state index contributed by atoms with van der Waals surface area (Å²) in [5, 5.41) is 0.189. The average molecular weight is 458 g/mol. The number of hydrogen-bond donors (Lipinski definition) is 0. The summed E-state index contributed by atoms with van der Waals surface area (Å²) in [7, 11) is 0.342. The molecule has 33 heavy (non-hydrogen) atoms. The molecule has 2 nitrogen and oxygen atoms in total. The van der Waals surface area contributed by atoms with Crippen molar-refractivity contribution < 1.29 is 4.43 Å². The highest BCUT2D eigenvalue weighted by atomic mass is 28.4. The monoisotopic (exact) mass is 457 g/mol. The van der Waals surface area contributed by atoms with Crippen molar-refractivity contribution >= 4 is 25.3 Å². The van der Waals surface area contributed by atoms with Crippen LogP contribution in [0.5, 0.6) is 5.75 Å². The highest BCUT2D eigenvalue weighted by molar-refractivity contribution is 6.74. The van der Waals surface area contributed by atoms with Crippen LogP contribution in [0.4, 0.5) is 11.4 Å². The lowest BCUT2D eigenvalue weighted by molar-refractivity contribution is 0.0705. The molecule has 3 heteroatoms. The van der Waals surface area contributed by atoms with Gasteiger partial charge in [0.05, 0.1) is 5.69 Å². The normalized spacial score (nSPS) is 28.1. The largest absolute Gasteiger partial charge is 0.543 e. The Morgan fingerprint density at radius 2 is 1.42 bits per heavy atom. The molecule has 0 amide bonds. The zero-order valence-electron chi connectivity index (χ0n) is 21.2. The van der Waals surface area contributed by atoms with E-state index in [2.05, 4.69) is 88.3 Å². The Balaban J connectivity index is 1.50. The fourth-order valence-electron chi connectivity index (χ4n) is 7.18. The molecular formula is C30H39NOSi. The number of hydrogen-bond acceptors (Lipinski definition) is 2. The van der Waals surface area contributed by atoms with Crippen LogP contribution in [0.2, 0.25) is 18.1 Å². The van der Waals surface area contributed by atoms with Crippen molar-refractivity contribution in [2.45, 2.75) is 71.0 Å². The van der Waals surface area contributed by atoms with Crippen molar-refractivity contribution in [2.24, 2.45) is 23.7 Å². The number of allylic oxidation sites excluding steroid dienone is 1. The number of benzene rings is 2. The van der Waals surface area contributed by atoms with E-state index in [1.807, 2.05) is 0 Å². The minimum absolute atomic E-state index is 0.189. The molecule has 0 saturated heterocycles. The van der Waals surface area contributed by atoms with Crippen molar-refractivity contribution in [1.82, 2.24) is 0 Å². The van der Waals surface area contributed by atoms with E-state index in [9.17, 15) is 0 Å². The number of fused-ring (bicyclic) bond motifs is 2. The molecule has 0 unspecified atom stereocenters. The van der Waals surface area contributed by atoms with Gasteiger partial charge in [-0.05, 0) is 97.7 Å². The lowest BCUT2D eigenvalue weighted by Gasteiger charge is -2.53. The third kappa shape index (κ3) is 3.33. The van der Waals surface area contributed by atoms with Crippen molar-refractivity contribution in [3.05, 3.63) is 59.2 Å². The van der Waals surface area contributed by atoms with E-state index in [0.29, 0.717) is 0 Å². The Hall–Kier alpha value is -2.00. The van der Waals surface area contributed by atoms with Crippen LogP contribution in [0.1, 0.15) is 64.0 Å². The third-order valence-corrected chi connectivity index (χ3v) is 14.0. The van der Waals surface area contributed by atoms with Crippen LogP contribution in [0.25, 0.3) is 5.57 Å². The van der Waals surface area contributed by atoms with Crippen LogP contribution in [0, 0.1) is 23.7 Å². The van der Waals surface area contributed by atoms with E-state index in [1.54, 1.807) is 11.1 Å². The molecule has 4 fully saturated rings. The summed E-state index contributed by atoms with van der Waals surface area (Å²) in [6, 6.07) is 16.0. The second kappa shape index (κ2) is 7.25. The Kier molecular flexibility index (Phi) is 4.73. The minimum atomic E-state index is -1.89. The molecule has 4 saturated carbocycles. The molecule has 0 N–H and O–H groups in total. The van der Waals surface area contributed by atoms with E-state index in [-0.39, 0.29) is 5.04 Å². The SMILES string of the molecule is CN1c2ccccc2C(=C2C3CC4CC(C3)CC2C4)c2ccc(O[Si](C)(C)C(C)(C)C)cc21. The molecule has 0 aromatic heterocycles. The molecule has 0 radical (unpaired) electrons. The Bertz CT molecular complexity index is 1110. The molecule has 4 aliphatic carbocycles. The van der Waals surface area contributed by atoms with E-state index < -0.39 is 8.32 Å². The molecular weight excluding hydrogens is 418 g/mol. The summed E-state index contributed by atoms with van der Waals surface area (Å²) < 4.78 is 6.74. The maximum Gasteiger partial charge on any atom is 0.250 e. The first kappa shape index (κ1) is 21.5. The number of para-hydroxylation sites is 1. The molecule has 174 valence electrons. The van der Waals surface area contributed by atoms with Crippen LogP contribution >= 0.6 is 0 Å². The van der Waals surface area contributed by atoms with Gasteiger partial charge in [-0.25, -0.2) is 0 Å². The summed E-state index contributed by atoms with van der Waals surface area (Å²) in [5.74, 6) is 4.59. The van der Waals surface area contributed by atoms with Crippen molar-refractivity contribution in [2.75, 3.05) is 11.9 Å². The van der Waals surface area contributed by atoms with Gasteiger partial charge in [0.25, 0.3) is 0 Å². The predicted molar refractivity (Wildman–Crippen MR) is 142 cm³/mol. The van der Waals surface area contributed by atoms with Crippen LogP contribution in [0.3, 0.4) is 0 Å². The van der Waals surface area contributed by atoms with Gasteiger partial charge in [0, 0.05) is 29.9 Å². The maximum absolute atomic E-state index is 6.74. The molecule has 2 aromatic rings. The van der Waals surface area contributed by atoms with Crippen LogP contribution in [0.15, 0.2) is 48.0 Å². The second-order valence-corrected chi connectivity index (χ2v) is 17.5. The average Bonchev–Trinajstić information content (AvgIpc) is 2.74. The first-order chi connectivity index (χ1) is 15.6. The number of rotatable bonds is 2. The van der Waals surface area contributed by atoms with Crippen molar-refractivity contribution in [3.63, 3.8) is 0 Å². The van der Waals surface area contributed by atoms with Crippen LogP contribution in [-0.4, -0.2) is 15.4 Å². The summed E-state index contributed by atoms with van der Waals surface area (Å²) in [6.45, 7) is 11.6. The van der Waals surface area contributed by atoms with Crippen molar-refractivity contribution in [1.29, 1.82) is 0 Å². The summed E-state index contributed by atoms with van der Waals surface area (Å²) in [4.78, 5) is 2.39. The molecule has 1 heterocycles. The van der Waals surface area contributed by atoms with Gasteiger partial charge in [-0.2, -0.15) is 0 Å². The van der Waals surface area contributed by atoms with Gasteiger partial charge in [0.2, 0.25) is 8.32 Å². The zero-order valence-corrected chi connectivity index (χ0v) is 22.2. The highest BCUT2D eigenvalue weighted by Crippen LogP contribution is 2.60. The standard InChI is InChI=1S/C30H39NOSi/c1-30(2,3)33(5,6)32-23-11-12-25-27(18-23)31(4)26-10-8-7-9-24(26)29(25)28-21-14-19-13-20(16-21)17-22(28)15-19/h7-12,18-22H,13-17H2,1-6H3. The van der Waals surface area contributed by atoms with Gasteiger partial charge in [-0.1, -0.05) is 44.5 Å². The maximum atomic E-state index is 6.74. The molecule has 7 rings (SSSR count). The highest BCUT2D eigenvalue weighted by Gasteiger charge is 2.47. The van der Waals surface area contributed by atoms with Gasteiger partial charge >= 0.3 is 0 Å². The smallest absolute Gasteiger partial charge is 0.250 e. The predicted octanol–water partition coefficient (Wildman–Crippen LogP) is 8.41. The van der Waals surface area contributed by atoms with Gasteiger partial charge < -0.3 is 9.33 Å². The van der Waals surface area contributed by atoms with Gasteiger partial charge in [-0.15, -0.1) is 0 Å². The summed E-state index contributed by atoms with van der Waals surface area (Å²) >= 11 is 0. The summed E-state index contributed by atoms with van der Waals surface area (Å²) in [5.41, 5.74) is 8.86. The van der Waals surface area contributed by atoms with E-state index in [1.165, 1.54) is 54.6 Å². The fourth-order valence-corrected chi connectivity index (χ4v) is 8.20. The van der Waals surface area contributed by atoms with E-state index in [4.69, 9.17) is 4.43 Å². The topological polar surface area (TPSA) is 12.5 Å². The molecule has 5 aliphatic rings. The fraction of sp³-hybridized carbons (Fsp3) is 0.533. The zero-order chi connectivity index (χ0) is 23.1. The third-order valence-electron chi connectivity index (χ3n) is 9.62. The lowest BCUT2D eigenvalue weighted by Crippen LogP contribution is -2.43. The van der Waals surface area contributed by atoms with Gasteiger partial charge in [0.1, 0.15) is 5.75 Å². The first-order valence-corrected chi connectivity index (χ1v) is 15.9. The van der Waals surface area contributed by atoms with Gasteiger partial charge in [-0.3, -0.25) is 0 Å². The quantitative estimate of drug-likeness (QED) is 0.420. The van der Waals surface area contributed by atoms with E-state index >= 15 is 0 Å². The number of anilines is 2. The summed E-state index contributed by atoms with van der Waals surface area (Å²) in [6.07, 6.45) is 7.19. The van der Waals surface area contributed by atoms with Crippen LogP contribution < -0.4 is 9.33 Å². The molecule has 1 aliphatic heterocycles. The Morgan fingerprint density at radius 1 is 0.818 bits per heavy atom. The van der Waals surface area contributed by atoms with Crippen molar-refractivity contribution in [3.8, 4) is 5.75 Å². The van der Waals surface area contributed by atoms with Gasteiger partial charge in [0.15, 0.2) is 0 Å². The molecule has 0 spiro atoms. The molecule has 0 atom stereocenters. The minimum Gasteiger partial charge on any atom is -0.543 e. The van der Waals surface area contributed by atoms with E-state index in [0.717, 1.165) is 29.4 Å². The Labute approximate surface area is 201 Å². The Morgan fingerprint density at radius 3 is 2.06 bits per heavy atom.